The summed E-state index contributed by atoms with van der Waals surface area (Å²) in [6.45, 7) is 0. The van der Waals surface area contributed by atoms with Crippen LogP contribution in [0.2, 0.25) is 0 Å². The molecule has 0 atom stereocenters. The first kappa shape index (κ1) is 11.5. The van der Waals surface area contributed by atoms with Crippen LogP contribution in [0.15, 0.2) is 61.1 Å². The third-order valence-corrected chi connectivity index (χ3v) is 3.10. The number of amides is 1. The van der Waals surface area contributed by atoms with Gasteiger partial charge < -0.3 is 9.30 Å². The maximum atomic E-state index is 12.5. The number of para-hydroxylation sites is 1. The van der Waals surface area contributed by atoms with Gasteiger partial charge in [-0.05, 0) is 24.3 Å². The van der Waals surface area contributed by atoms with Crippen LogP contribution in [0.25, 0.3) is 5.65 Å². The van der Waals surface area contributed by atoms with Crippen molar-refractivity contribution in [3.05, 3.63) is 66.6 Å². The molecule has 0 aliphatic heterocycles. The van der Waals surface area contributed by atoms with Gasteiger partial charge in [0.2, 0.25) is 0 Å². The SMILES string of the molecule is CN(C(=O)c1cccn2ccnc12)c1ccccc1. The van der Waals surface area contributed by atoms with Gasteiger partial charge in [0, 0.05) is 31.3 Å². The van der Waals surface area contributed by atoms with Gasteiger partial charge in [-0.3, -0.25) is 4.79 Å². The van der Waals surface area contributed by atoms with Crippen molar-refractivity contribution < 1.29 is 4.79 Å². The molecule has 2 aromatic heterocycles. The van der Waals surface area contributed by atoms with Crippen molar-refractivity contribution in [2.75, 3.05) is 11.9 Å². The van der Waals surface area contributed by atoms with Crippen LogP contribution in [-0.4, -0.2) is 22.3 Å². The fraction of sp³-hybridized carbons (Fsp3) is 0.0667. The molecule has 0 fully saturated rings. The number of anilines is 1. The second kappa shape index (κ2) is 4.57. The average molecular weight is 251 g/mol. The molecule has 0 N–H and O–H groups in total. The summed E-state index contributed by atoms with van der Waals surface area (Å²) in [7, 11) is 1.77. The second-order valence-electron chi connectivity index (χ2n) is 4.28. The van der Waals surface area contributed by atoms with E-state index in [-0.39, 0.29) is 5.91 Å². The summed E-state index contributed by atoms with van der Waals surface area (Å²) in [6, 6.07) is 13.2. The van der Waals surface area contributed by atoms with Crippen molar-refractivity contribution in [2.45, 2.75) is 0 Å². The monoisotopic (exact) mass is 251 g/mol. The van der Waals surface area contributed by atoms with Crippen LogP contribution in [0.3, 0.4) is 0 Å². The van der Waals surface area contributed by atoms with Crippen molar-refractivity contribution in [3.63, 3.8) is 0 Å². The molecule has 1 aromatic carbocycles. The average Bonchev–Trinajstić information content (AvgIpc) is 2.95. The number of rotatable bonds is 2. The molecule has 0 spiro atoms. The first-order valence-corrected chi connectivity index (χ1v) is 6.02. The number of fused-ring (bicyclic) bond motifs is 1. The van der Waals surface area contributed by atoms with Gasteiger partial charge >= 0.3 is 0 Å². The van der Waals surface area contributed by atoms with Crippen molar-refractivity contribution in [3.8, 4) is 0 Å². The molecule has 4 heteroatoms. The zero-order valence-corrected chi connectivity index (χ0v) is 10.5. The number of hydrogen-bond acceptors (Lipinski definition) is 2. The third kappa shape index (κ3) is 1.97. The van der Waals surface area contributed by atoms with E-state index in [4.69, 9.17) is 0 Å². The van der Waals surface area contributed by atoms with Gasteiger partial charge in [0.25, 0.3) is 5.91 Å². The van der Waals surface area contributed by atoms with Gasteiger partial charge in [-0.25, -0.2) is 4.98 Å². The molecule has 19 heavy (non-hydrogen) atoms. The highest BCUT2D eigenvalue weighted by molar-refractivity contribution is 6.09. The van der Waals surface area contributed by atoms with Crippen LogP contribution in [-0.2, 0) is 0 Å². The Hall–Kier alpha value is -2.62. The summed E-state index contributed by atoms with van der Waals surface area (Å²) in [5, 5.41) is 0. The van der Waals surface area contributed by atoms with Crippen molar-refractivity contribution >= 4 is 17.2 Å². The van der Waals surface area contributed by atoms with Crippen LogP contribution in [0.1, 0.15) is 10.4 Å². The summed E-state index contributed by atoms with van der Waals surface area (Å²) in [5.74, 6) is -0.0667. The molecule has 3 aromatic rings. The molecular formula is C15H13N3O. The summed E-state index contributed by atoms with van der Waals surface area (Å²) >= 11 is 0. The fourth-order valence-corrected chi connectivity index (χ4v) is 2.06. The molecule has 3 rings (SSSR count). The van der Waals surface area contributed by atoms with E-state index in [2.05, 4.69) is 4.98 Å². The quantitative estimate of drug-likeness (QED) is 0.702. The Morgan fingerprint density at radius 2 is 1.89 bits per heavy atom. The molecule has 94 valence electrons. The summed E-state index contributed by atoms with van der Waals surface area (Å²) in [4.78, 5) is 18.4. The van der Waals surface area contributed by atoms with Gasteiger partial charge in [-0.2, -0.15) is 0 Å². The van der Waals surface area contributed by atoms with Crippen LogP contribution in [0.4, 0.5) is 5.69 Å². The summed E-state index contributed by atoms with van der Waals surface area (Å²) < 4.78 is 1.84. The van der Waals surface area contributed by atoms with Gasteiger partial charge in [-0.15, -0.1) is 0 Å². The van der Waals surface area contributed by atoms with E-state index in [1.54, 1.807) is 24.2 Å². The Kier molecular flexibility index (Phi) is 2.76. The van der Waals surface area contributed by atoms with Crippen LogP contribution < -0.4 is 4.90 Å². The van der Waals surface area contributed by atoms with E-state index >= 15 is 0 Å². The van der Waals surface area contributed by atoms with E-state index in [9.17, 15) is 4.79 Å². The summed E-state index contributed by atoms with van der Waals surface area (Å²) in [5.41, 5.74) is 2.13. The van der Waals surface area contributed by atoms with Gasteiger partial charge in [0.1, 0.15) is 5.65 Å². The lowest BCUT2D eigenvalue weighted by Gasteiger charge is -2.17. The Bertz CT molecular complexity index is 718. The van der Waals surface area contributed by atoms with E-state index in [1.165, 1.54) is 0 Å². The number of carbonyl (C=O) groups excluding carboxylic acids is 1. The van der Waals surface area contributed by atoms with E-state index in [0.717, 1.165) is 5.69 Å². The minimum atomic E-state index is -0.0667. The molecule has 1 amide bonds. The van der Waals surface area contributed by atoms with E-state index in [0.29, 0.717) is 11.2 Å². The Balaban J connectivity index is 2.02. The highest BCUT2D eigenvalue weighted by Crippen LogP contribution is 2.17. The minimum Gasteiger partial charge on any atom is -0.311 e. The predicted octanol–water partition coefficient (Wildman–Crippen LogP) is 2.61. The molecular weight excluding hydrogens is 238 g/mol. The van der Waals surface area contributed by atoms with Crippen LogP contribution in [0, 0.1) is 0 Å². The number of aromatic nitrogens is 2. The molecule has 0 unspecified atom stereocenters. The van der Waals surface area contributed by atoms with E-state index < -0.39 is 0 Å². The zero-order chi connectivity index (χ0) is 13.2. The molecule has 0 aliphatic rings. The molecule has 0 saturated carbocycles. The highest BCUT2D eigenvalue weighted by atomic mass is 16.2. The number of carbonyl (C=O) groups is 1. The Morgan fingerprint density at radius 3 is 2.68 bits per heavy atom. The van der Waals surface area contributed by atoms with Crippen LogP contribution in [0.5, 0.6) is 0 Å². The van der Waals surface area contributed by atoms with Gasteiger partial charge in [-0.1, -0.05) is 18.2 Å². The molecule has 0 aliphatic carbocycles. The number of benzene rings is 1. The molecule has 4 nitrogen and oxygen atoms in total. The first-order chi connectivity index (χ1) is 9.27. The zero-order valence-electron chi connectivity index (χ0n) is 10.5. The lowest BCUT2D eigenvalue weighted by Crippen LogP contribution is -2.26. The molecule has 0 radical (unpaired) electrons. The lowest BCUT2D eigenvalue weighted by atomic mass is 10.2. The van der Waals surface area contributed by atoms with Crippen molar-refractivity contribution in [1.29, 1.82) is 0 Å². The highest BCUT2D eigenvalue weighted by Gasteiger charge is 2.16. The maximum Gasteiger partial charge on any atom is 0.261 e. The van der Waals surface area contributed by atoms with E-state index in [1.807, 2.05) is 53.2 Å². The topological polar surface area (TPSA) is 37.6 Å². The van der Waals surface area contributed by atoms with Gasteiger partial charge in [0.05, 0.1) is 5.56 Å². The third-order valence-electron chi connectivity index (χ3n) is 3.10. The second-order valence-corrected chi connectivity index (χ2v) is 4.28. The lowest BCUT2D eigenvalue weighted by molar-refractivity contribution is 0.0994. The number of hydrogen-bond donors (Lipinski definition) is 0. The number of nitrogens with zero attached hydrogens (tertiary/aromatic N) is 3. The smallest absolute Gasteiger partial charge is 0.261 e. The minimum absolute atomic E-state index is 0.0667. The van der Waals surface area contributed by atoms with Gasteiger partial charge in [0.15, 0.2) is 0 Å². The first-order valence-electron chi connectivity index (χ1n) is 6.02. The summed E-state index contributed by atoms with van der Waals surface area (Å²) in [6.07, 6.45) is 5.39. The maximum absolute atomic E-state index is 12.5. The predicted molar refractivity (Wildman–Crippen MR) is 74.4 cm³/mol. The standard InChI is InChI=1S/C15H13N3O/c1-17(12-6-3-2-4-7-12)15(19)13-8-5-10-18-11-9-16-14(13)18/h2-11H,1H3. The number of pyridine rings is 1. The molecule has 2 heterocycles. The molecule has 0 saturated heterocycles. The van der Waals surface area contributed by atoms with Crippen molar-refractivity contribution in [1.82, 2.24) is 9.38 Å². The largest absolute Gasteiger partial charge is 0.311 e. The van der Waals surface area contributed by atoms with Crippen molar-refractivity contribution in [2.24, 2.45) is 0 Å². The Morgan fingerprint density at radius 1 is 1.11 bits per heavy atom. The number of imidazole rings is 1. The van der Waals surface area contributed by atoms with Crippen LogP contribution >= 0.6 is 0 Å². The Labute approximate surface area is 110 Å². The molecule has 0 bridgehead atoms. The normalized spacial score (nSPS) is 10.6. The fourth-order valence-electron chi connectivity index (χ4n) is 2.06.